The van der Waals surface area contributed by atoms with E-state index in [9.17, 15) is 4.79 Å². The fourth-order valence-corrected chi connectivity index (χ4v) is 2.41. The van der Waals surface area contributed by atoms with Crippen molar-refractivity contribution in [3.05, 3.63) is 22.6 Å². The van der Waals surface area contributed by atoms with Crippen molar-refractivity contribution in [3.63, 3.8) is 0 Å². The van der Waals surface area contributed by atoms with E-state index in [0.717, 1.165) is 24.2 Å². The summed E-state index contributed by atoms with van der Waals surface area (Å²) < 4.78 is 5.54. The van der Waals surface area contributed by atoms with Gasteiger partial charge in [0.15, 0.2) is 0 Å². The molecule has 0 bridgehead atoms. The van der Waals surface area contributed by atoms with Gasteiger partial charge in [0, 0.05) is 24.6 Å². The van der Waals surface area contributed by atoms with Crippen LogP contribution in [0.5, 0.6) is 0 Å². The summed E-state index contributed by atoms with van der Waals surface area (Å²) in [5.74, 6) is 1.55. The minimum Gasteiger partial charge on any atom is -0.466 e. The van der Waals surface area contributed by atoms with Gasteiger partial charge in [-0.15, -0.1) is 0 Å². The van der Waals surface area contributed by atoms with Crippen LogP contribution in [0, 0.1) is 20.8 Å². The zero-order chi connectivity index (χ0) is 14.2. The van der Waals surface area contributed by atoms with Crippen molar-refractivity contribution < 1.29 is 9.21 Å². The van der Waals surface area contributed by atoms with Gasteiger partial charge in [0.25, 0.3) is 5.91 Å². The Morgan fingerprint density at radius 2 is 2.00 bits per heavy atom. The second-order valence-electron chi connectivity index (χ2n) is 5.16. The smallest absolute Gasteiger partial charge is 0.257 e. The lowest BCUT2D eigenvalue weighted by atomic mass is 10.1. The summed E-state index contributed by atoms with van der Waals surface area (Å²) >= 11 is 4.90. The van der Waals surface area contributed by atoms with Gasteiger partial charge in [0.2, 0.25) is 0 Å². The molecule has 4 nitrogen and oxygen atoms in total. The van der Waals surface area contributed by atoms with Crippen LogP contribution >= 0.6 is 12.2 Å². The maximum absolute atomic E-state index is 12.7. The summed E-state index contributed by atoms with van der Waals surface area (Å²) in [7, 11) is 0. The monoisotopic (exact) mass is 280 g/mol. The van der Waals surface area contributed by atoms with Crippen molar-refractivity contribution in [2.75, 3.05) is 6.54 Å². The van der Waals surface area contributed by atoms with E-state index >= 15 is 0 Å². The Labute approximate surface area is 118 Å². The van der Waals surface area contributed by atoms with E-state index in [4.69, 9.17) is 22.4 Å². The number of carbonyl (C=O) groups excluding carboxylic acids is 1. The number of thiocarbonyl (C=S) groups is 1. The summed E-state index contributed by atoms with van der Waals surface area (Å²) in [6, 6.07) is 0.343. The third-order valence-electron chi connectivity index (χ3n) is 3.62. The summed E-state index contributed by atoms with van der Waals surface area (Å²) in [5.41, 5.74) is 7.17. The molecule has 1 fully saturated rings. The molecule has 2 N–H and O–H groups in total. The second kappa shape index (κ2) is 5.33. The van der Waals surface area contributed by atoms with Crippen LogP contribution in [0.1, 0.15) is 46.7 Å². The average molecular weight is 280 g/mol. The molecule has 0 unspecified atom stereocenters. The molecule has 0 spiro atoms. The van der Waals surface area contributed by atoms with Gasteiger partial charge < -0.3 is 15.1 Å². The topological polar surface area (TPSA) is 59.5 Å². The van der Waals surface area contributed by atoms with Crippen LogP contribution in [-0.4, -0.2) is 28.4 Å². The average Bonchev–Trinajstić information content (AvgIpc) is 3.09. The van der Waals surface area contributed by atoms with Crippen LogP contribution < -0.4 is 5.73 Å². The molecule has 1 aromatic rings. The number of rotatable bonds is 5. The second-order valence-corrected chi connectivity index (χ2v) is 5.68. The number of aryl methyl sites for hydroxylation is 2. The van der Waals surface area contributed by atoms with Gasteiger partial charge in [-0.1, -0.05) is 12.2 Å². The van der Waals surface area contributed by atoms with E-state index < -0.39 is 0 Å². The molecule has 1 aliphatic rings. The minimum atomic E-state index is 0.0469. The van der Waals surface area contributed by atoms with Crippen molar-refractivity contribution in [1.82, 2.24) is 4.90 Å². The molecule has 0 radical (unpaired) electrons. The molecule has 19 heavy (non-hydrogen) atoms. The van der Waals surface area contributed by atoms with Crippen molar-refractivity contribution >= 4 is 23.1 Å². The Balaban J connectivity index is 2.21. The van der Waals surface area contributed by atoms with Crippen LogP contribution in [0.2, 0.25) is 0 Å². The lowest BCUT2D eigenvalue weighted by Gasteiger charge is -2.22. The van der Waals surface area contributed by atoms with E-state index in [1.54, 1.807) is 0 Å². The highest BCUT2D eigenvalue weighted by molar-refractivity contribution is 7.80. The van der Waals surface area contributed by atoms with Crippen molar-refractivity contribution in [2.24, 2.45) is 5.73 Å². The molecular weight excluding hydrogens is 260 g/mol. The Morgan fingerprint density at radius 1 is 1.37 bits per heavy atom. The SMILES string of the molecule is Cc1oc(C)c(C(=O)N(CCC(N)=S)C2CC2)c1C. The first-order valence-corrected chi connectivity index (χ1v) is 6.98. The van der Waals surface area contributed by atoms with Crippen LogP contribution in [0.3, 0.4) is 0 Å². The fourth-order valence-electron chi connectivity index (χ4n) is 2.32. The lowest BCUT2D eigenvalue weighted by molar-refractivity contribution is 0.0745. The van der Waals surface area contributed by atoms with Crippen LogP contribution in [0.15, 0.2) is 4.42 Å². The Hall–Kier alpha value is -1.36. The molecule has 104 valence electrons. The molecule has 0 saturated heterocycles. The molecule has 0 aliphatic heterocycles. The predicted molar refractivity (Wildman–Crippen MR) is 78.4 cm³/mol. The zero-order valence-corrected chi connectivity index (χ0v) is 12.5. The maximum atomic E-state index is 12.7. The zero-order valence-electron chi connectivity index (χ0n) is 11.7. The first-order chi connectivity index (χ1) is 8.91. The number of nitrogens with two attached hydrogens (primary N) is 1. The summed E-state index contributed by atoms with van der Waals surface area (Å²) in [6.45, 7) is 6.25. The number of nitrogens with zero attached hydrogens (tertiary/aromatic N) is 1. The summed E-state index contributed by atoms with van der Waals surface area (Å²) in [6.07, 6.45) is 2.71. The third kappa shape index (κ3) is 2.97. The molecule has 0 aromatic carbocycles. The lowest BCUT2D eigenvalue weighted by Crippen LogP contribution is -2.36. The number of amides is 1. The molecule has 1 aromatic heterocycles. The minimum absolute atomic E-state index is 0.0469. The fraction of sp³-hybridized carbons (Fsp3) is 0.571. The molecule has 1 amide bonds. The summed E-state index contributed by atoms with van der Waals surface area (Å²) in [4.78, 5) is 15.0. The molecule has 1 aliphatic carbocycles. The first kappa shape index (κ1) is 14.1. The van der Waals surface area contributed by atoms with Crippen LogP contribution in [0.25, 0.3) is 0 Å². The van der Waals surface area contributed by atoms with Crippen molar-refractivity contribution in [3.8, 4) is 0 Å². The molecule has 0 atom stereocenters. The van der Waals surface area contributed by atoms with Gasteiger partial charge in [-0.25, -0.2) is 0 Å². The quantitative estimate of drug-likeness (QED) is 0.842. The molecule has 5 heteroatoms. The standard InChI is InChI=1S/C14H20N2O2S/c1-8-9(2)18-10(3)13(8)14(17)16(11-4-5-11)7-6-12(15)19/h11H,4-7H2,1-3H3,(H2,15,19). The van der Waals surface area contributed by atoms with Crippen LogP contribution in [0.4, 0.5) is 0 Å². The van der Waals surface area contributed by atoms with E-state index in [0.29, 0.717) is 35.3 Å². The Bertz CT molecular complexity index is 518. The van der Waals surface area contributed by atoms with Gasteiger partial charge >= 0.3 is 0 Å². The third-order valence-corrected chi connectivity index (χ3v) is 3.83. The van der Waals surface area contributed by atoms with Gasteiger partial charge in [0.05, 0.1) is 10.6 Å². The van der Waals surface area contributed by atoms with Crippen molar-refractivity contribution in [2.45, 2.75) is 46.1 Å². The Morgan fingerprint density at radius 3 is 2.42 bits per heavy atom. The highest BCUT2D eigenvalue weighted by atomic mass is 32.1. The van der Waals surface area contributed by atoms with E-state index in [-0.39, 0.29) is 5.91 Å². The maximum Gasteiger partial charge on any atom is 0.257 e. The molecule has 2 rings (SSSR count). The number of furan rings is 1. The van der Waals surface area contributed by atoms with E-state index in [2.05, 4.69) is 0 Å². The van der Waals surface area contributed by atoms with Gasteiger partial charge in [0.1, 0.15) is 11.5 Å². The number of hydrogen-bond donors (Lipinski definition) is 1. The first-order valence-electron chi connectivity index (χ1n) is 6.57. The summed E-state index contributed by atoms with van der Waals surface area (Å²) in [5, 5.41) is 0. The highest BCUT2D eigenvalue weighted by Gasteiger charge is 2.34. The van der Waals surface area contributed by atoms with Gasteiger partial charge in [-0.2, -0.15) is 0 Å². The normalized spacial score (nSPS) is 14.5. The molecule has 1 saturated carbocycles. The highest BCUT2D eigenvalue weighted by Crippen LogP contribution is 2.31. The largest absolute Gasteiger partial charge is 0.466 e. The van der Waals surface area contributed by atoms with Gasteiger partial charge in [-0.05, 0) is 33.6 Å². The Kier molecular flexibility index (Phi) is 3.94. The van der Waals surface area contributed by atoms with Crippen molar-refractivity contribution in [1.29, 1.82) is 0 Å². The predicted octanol–water partition coefficient (Wildman–Crippen LogP) is 2.49. The van der Waals surface area contributed by atoms with E-state index in [1.165, 1.54) is 0 Å². The van der Waals surface area contributed by atoms with Crippen LogP contribution in [-0.2, 0) is 0 Å². The van der Waals surface area contributed by atoms with Gasteiger partial charge in [-0.3, -0.25) is 4.79 Å². The molecular formula is C14H20N2O2S. The molecule has 1 heterocycles. The number of hydrogen-bond acceptors (Lipinski definition) is 3. The number of carbonyl (C=O) groups is 1. The van der Waals surface area contributed by atoms with E-state index in [1.807, 2.05) is 25.7 Å².